The number of hydrogen-bond acceptors (Lipinski definition) is 7. The van der Waals surface area contributed by atoms with Gasteiger partial charge in [0, 0.05) is 35.0 Å². The van der Waals surface area contributed by atoms with Crippen molar-refractivity contribution in [2.24, 2.45) is 0 Å². The SMILES string of the molecule is Cc1c(Oc2cc(CO)ncn2)ccc2c1ccn2OC(=O)Nc1cc(C(C)C)[nH]n1. The fourth-order valence-corrected chi connectivity index (χ4v) is 3.05. The number of aliphatic hydroxyl groups is 1. The molecule has 1 aromatic carbocycles. The van der Waals surface area contributed by atoms with Crippen molar-refractivity contribution in [2.75, 3.05) is 5.32 Å². The first-order chi connectivity index (χ1) is 14.9. The van der Waals surface area contributed by atoms with E-state index in [4.69, 9.17) is 9.57 Å². The number of aliphatic hydroxyl groups excluding tert-OH is 1. The fraction of sp³-hybridized carbons (Fsp3) is 0.238. The Morgan fingerprint density at radius 1 is 1.26 bits per heavy atom. The second-order valence-electron chi connectivity index (χ2n) is 7.24. The second kappa shape index (κ2) is 8.44. The maximum Gasteiger partial charge on any atom is 0.437 e. The number of rotatable bonds is 6. The van der Waals surface area contributed by atoms with Crippen LogP contribution in [0.2, 0.25) is 0 Å². The van der Waals surface area contributed by atoms with Crippen LogP contribution in [0, 0.1) is 6.92 Å². The average Bonchev–Trinajstić information content (AvgIpc) is 3.38. The zero-order chi connectivity index (χ0) is 22.0. The molecule has 0 atom stereocenters. The predicted molar refractivity (Wildman–Crippen MR) is 113 cm³/mol. The van der Waals surface area contributed by atoms with Crippen molar-refractivity contribution < 1.29 is 19.5 Å². The molecule has 10 nitrogen and oxygen atoms in total. The zero-order valence-electron chi connectivity index (χ0n) is 17.3. The van der Waals surface area contributed by atoms with Gasteiger partial charge >= 0.3 is 6.09 Å². The normalized spacial score (nSPS) is 11.1. The molecule has 3 heterocycles. The van der Waals surface area contributed by atoms with E-state index >= 15 is 0 Å². The fourth-order valence-electron chi connectivity index (χ4n) is 3.05. The van der Waals surface area contributed by atoms with Crippen molar-refractivity contribution in [1.29, 1.82) is 0 Å². The molecule has 0 bridgehead atoms. The maximum absolute atomic E-state index is 12.3. The topological polar surface area (TPSA) is 127 Å². The van der Waals surface area contributed by atoms with Gasteiger partial charge < -0.3 is 14.7 Å². The number of nitrogens with one attached hydrogen (secondary N) is 2. The van der Waals surface area contributed by atoms with Gasteiger partial charge in [-0.3, -0.25) is 10.4 Å². The Balaban J connectivity index is 1.51. The van der Waals surface area contributed by atoms with Crippen LogP contribution < -0.4 is 14.9 Å². The third-order valence-corrected chi connectivity index (χ3v) is 4.76. The Bertz CT molecular complexity index is 1230. The first-order valence-electron chi connectivity index (χ1n) is 9.69. The number of nitrogens with zero attached hydrogens (tertiary/aromatic N) is 4. The minimum atomic E-state index is -0.658. The first kappa shape index (κ1) is 20.4. The van der Waals surface area contributed by atoms with Crippen LogP contribution in [0.4, 0.5) is 10.6 Å². The molecule has 4 rings (SSSR count). The molecule has 160 valence electrons. The number of carbonyl (C=O) groups is 1. The van der Waals surface area contributed by atoms with Gasteiger partial charge in [-0.2, -0.15) is 9.83 Å². The summed E-state index contributed by atoms with van der Waals surface area (Å²) in [6, 6.07) is 8.71. The van der Waals surface area contributed by atoms with Crippen LogP contribution in [-0.4, -0.2) is 36.1 Å². The average molecular weight is 422 g/mol. The molecule has 4 aromatic rings. The summed E-state index contributed by atoms with van der Waals surface area (Å²) in [6.45, 7) is 5.75. The Morgan fingerprint density at radius 2 is 2.10 bits per heavy atom. The molecule has 31 heavy (non-hydrogen) atoms. The lowest BCUT2D eigenvalue weighted by Gasteiger charge is -2.10. The molecule has 0 saturated heterocycles. The van der Waals surface area contributed by atoms with E-state index in [-0.39, 0.29) is 12.5 Å². The summed E-state index contributed by atoms with van der Waals surface area (Å²) in [5.74, 6) is 1.58. The lowest BCUT2D eigenvalue weighted by molar-refractivity contribution is 0.153. The molecule has 0 fully saturated rings. The Labute approximate surface area is 177 Å². The number of carbonyl (C=O) groups excluding carboxylic acids is 1. The van der Waals surface area contributed by atoms with Gasteiger partial charge in [0.25, 0.3) is 0 Å². The monoisotopic (exact) mass is 422 g/mol. The summed E-state index contributed by atoms with van der Waals surface area (Å²) in [4.78, 5) is 25.7. The molecule has 0 aliphatic heterocycles. The van der Waals surface area contributed by atoms with Gasteiger partial charge in [0.1, 0.15) is 12.1 Å². The summed E-state index contributed by atoms with van der Waals surface area (Å²) in [5, 5.41) is 19.6. The number of aromatic amines is 1. The summed E-state index contributed by atoms with van der Waals surface area (Å²) in [5.41, 5.74) is 2.92. The summed E-state index contributed by atoms with van der Waals surface area (Å²) < 4.78 is 7.23. The van der Waals surface area contributed by atoms with Gasteiger partial charge in [0.05, 0.1) is 17.8 Å². The Hall–Kier alpha value is -3.92. The van der Waals surface area contributed by atoms with Crippen molar-refractivity contribution in [2.45, 2.75) is 33.3 Å². The quantitative estimate of drug-likeness (QED) is 0.434. The van der Waals surface area contributed by atoms with Crippen molar-refractivity contribution in [1.82, 2.24) is 24.9 Å². The highest BCUT2D eigenvalue weighted by molar-refractivity contribution is 5.87. The predicted octanol–water partition coefficient (Wildman–Crippen LogP) is 3.53. The highest BCUT2D eigenvalue weighted by Gasteiger charge is 2.14. The van der Waals surface area contributed by atoms with E-state index in [1.807, 2.05) is 26.8 Å². The van der Waals surface area contributed by atoms with E-state index in [1.165, 1.54) is 11.1 Å². The first-order valence-corrected chi connectivity index (χ1v) is 9.69. The number of hydrogen-bond donors (Lipinski definition) is 3. The van der Waals surface area contributed by atoms with E-state index in [9.17, 15) is 9.90 Å². The van der Waals surface area contributed by atoms with E-state index in [1.54, 1.807) is 30.5 Å². The number of fused-ring (bicyclic) bond motifs is 1. The molecule has 0 saturated carbocycles. The molecule has 0 aliphatic carbocycles. The molecule has 0 radical (unpaired) electrons. The molecule has 0 aliphatic rings. The van der Waals surface area contributed by atoms with Gasteiger partial charge in [-0.15, -0.1) is 0 Å². The molecular weight excluding hydrogens is 400 g/mol. The van der Waals surface area contributed by atoms with Gasteiger partial charge in [0.15, 0.2) is 5.82 Å². The van der Waals surface area contributed by atoms with Gasteiger partial charge in [0.2, 0.25) is 5.88 Å². The molecule has 3 N–H and O–H groups in total. The van der Waals surface area contributed by atoms with Crippen LogP contribution in [-0.2, 0) is 6.61 Å². The molecule has 10 heteroatoms. The standard InChI is InChI=1S/C21H22N6O4/c1-12(2)16-9-19(26-25-16)24-21(29)31-27-7-6-15-13(3)18(5-4-17(15)27)30-20-8-14(10-28)22-11-23-20/h4-9,11-12,28H,10H2,1-3H3,(H2,24,25,26,29). The highest BCUT2D eigenvalue weighted by atomic mass is 16.7. The van der Waals surface area contributed by atoms with Gasteiger partial charge in [-0.1, -0.05) is 13.8 Å². The number of amides is 1. The number of aryl methyl sites for hydroxylation is 1. The van der Waals surface area contributed by atoms with Crippen LogP contribution in [0.5, 0.6) is 11.6 Å². The van der Waals surface area contributed by atoms with Crippen LogP contribution in [0.25, 0.3) is 10.9 Å². The minimum Gasteiger partial charge on any atom is -0.439 e. The Morgan fingerprint density at radius 3 is 2.84 bits per heavy atom. The lowest BCUT2D eigenvalue weighted by atomic mass is 10.1. The highest BCUT2D eigenvalue weighted by Crippen LogP contribution is 2.30. The van der Waals surface area contributed by atoms with E-state index in [2.05, 4.69) is 25.5 Å². The van der Waals surface area contributed by atoms with Crippen molar-refractivity contribution in [3.05, 3.63) is 59.8 Å². The molecule has 3 aromatic heterocycles. The minimum absolute atomic E-state index is 0.198. The van der Waals surface area contributed by atoms with Crippen molar-refractivity contribution >= 4 is 22.8 Å². The van der Waals surface area contributed by atoms with Crippen LogP contribution in [0.15, 0.2) is 42.9 Å². The third-order valence-electron chi connectivity index (χ3n) is 4.76. The molecule has 0 spiro atoms. The maximum atomic E-state index is 12.3. The number of H-pyrrole nitrogens is 1. The summed E-state index contributed by atoms with van der Waals surface area (Å²) in [7, 11) is 0. The third kappa shape index (κ3) is 4.33. The molecule has 0 unspecified atom stereocenters. The van der Waals surface area contributed by atoms with Crippen molar-refractivity contribution in [3.8, 4) is 11.6 Å². The number of benzene rings is 1. The summed E-state index contributed by atoms with van der Waals surface area (Å²) in [6.07, 6.45) is 2.33. The zero-order valence-corrected chi connectivity index (χ0v) is 17.3. The van der Waals surface area contributed by atoms with Crippen molar-refractivity contribution in [3.63, 3.8) is 0 Å². The van der Waals surface area contributed by atoms with Crippen LogP contribution in [0.3, 0.4) is 0 Å². The van der Waals surface area contributed by atoms with E-state index in [0.717, 1.165) is 16.6 Å². The van der Waals surface area contributed by atoms with E-state index in [0.29, 0.717) is 28.7 Å². The number of anilines is 1. The van der Waals surface area contributed by atoms with Gasteiger partial charge in [-0.25, -0.2) is 14.8 Å². The number of ether oxygens (including phenoxy) is 1. The lowest BCUT2D eigenvalue weighted by Crippen LogP contribution is -2.24. The molecule has 1 amide bonds. The Kier molecular flexibility index (Phi) is 5.54. The molecular formula is C21H22N6O4. The van der Waals surface area contributed by atoms with Crippen LogP contribution in [0.1, 0.15) is 36.7 Å². The summed E-state index contributed by atoms with van der Waals surface area (Å²) >= 11 is 0. The second-order valence-corrected chi connectivity index (χ2v) is 7.24. The smallest absolute Gasteiger partial charge is 0.437 e. The number of aromatic nitrogens is 5. The van der Waals surface area contributed by atoms with Crippen LogP contribution >= 0.6 is 0 Å². The van der Waals surface area contributed by atoms with Gasteiger partial charge in [-0.05, 0) is 31.0 Å². The van der Waals surface area contributed by atoms with E-state index < -0.39 is 6.09 Å². The largest absolute Gasteiger partial charge is 0.439 e.